The Kier molecular flexibility index (Phi) is 7.52. The summed E-state index contributed by atoms with van der Waals surface area (Å²) >= 11 is 0. The Morgan fingerprint density at radius 1 is 1.08 bits per heavy atom. The fourth-order valence-electron chi connectivity index (χ4n) is 4.91. The van der Waals surface area contributed by atoms with Crippen LogP contribution in [0, 0.1) is 11.6 Å². The third-order valence-electron chi connectivity index (χ3n) is 6.52. The van der Waals surface area contributed by atoms with E-state index in [9.17, 15) is 8.78 Å². The molecule has 0 aliphatic carbocycles. The van der Waals surface area contributed by atoms with Gasteiger partial charge in [0.05, 0.1) is 23.7 Å². The monoisotopic (exact) mass is 504 g/mol. The third-order valence-corrected chi connectivity index (χ3v) is 6.52. The number of aryl methyl sites for hydroxylation is 1. The Balaban J connectivity index is 1.49. The molecule has 37 heavy (non-hydrogen) atoms. The highest BCUT2D eigenvalue weighted by Gasteiger charge is 2.31. The Morgan fingerprint density at radius 2 is 1.92 bits per heavy atom. The van der Waals surface area contributed by atoms with Crippen molar-refractivity contribution in [3.8, 4) is 22.6 Å². The van der Waals surface area contributed by atoms with Crippen molar-refractivity contribution < 1.29 is 13.5 Å². The van der Waals surface area contributed by atoms with Gasteiger partial charge in [-0.3, -0.25) is 0 Å². The van der Waals surface area contributed by atoms with Crippen molar-refractivity contribution in [1.82, 2.24) is 24.4 Å². The molecule has 0 fully saturated rings. The molecule has 0 saturated carbocycles. The molecule has 2 aromatic carbocycles. The van der Waals surface area contributed by atoms with Gasteiger partial charge in [0.1, 0.15) is 17.5 Å². The van der Waals surface area contributed by atoms with E-state index in [-0.39, 0.29) is 17.7 Å². The summed E-state index contributed by atoms with van der Waals surface area (Å²) in [5, 5.41) is 3.19. The number of benzene rings is 2. The highest BCUT2D eigenvalue weighted by atomic mass is 19.1. The molecule has 1 atom stereocenters. The largest absolute Gasteiger partial charge is 0.383 e. The highest BCUT2D eigenvalue weighted by Crippen LogP contribution is 2.39. The molecule has 2 aromatic heterocycles. The molecular formula is C28H30F2N6O. The predicted molar refractivity (Wildman–Crippen MR) is 139 cm³/mol. The minimum atomic E-state index is -0.291. The summed E-state index contributed by atoms with van der Waals surface area (Å²) in [5.74, 6) is 0.966. The second kappa shape index (κ2) is 11.1. The maximum Gasteiger partial charge on any atom is 0.223 e. The Hall–Kier alpha value is -3.69. The molecule has 1 N–H and O–H groups in total. The number of nitrogens with zero attached hydrogens (tertiary/aromatic N) is 5. The molecule has 7 nitrogen and oxygen atoms in total. The first-order valence-corrected chi connectivity index (χ1v) is 12.4. The van der Waals surface area contributed by atoms with Crippen molar-refractivity contribution in [1.29, 1.82) is 0 Å². The van der Waals surface area contributed by atoms with E-state index in [1.54, 1.807) is 37.6 Å². The third kappa shape index (κ3) is 5.68. The lowest BCUT2D eigenvalue weighted by Gasteiger charge is -2.24. The summed E-state index contributed by atoms with van der Waals surface area (Å²) in [4.78, 5) is 16.3. The number of likely N-dealkylation sites (N-methyl/N-ethyl adjacent to an activating group) is 1. The van der Waals surface area contributed by atoms with Crippen molar-refractivity contribution in [3.05, 3.63) is 83.8 Å². The van der Waals surface area contributed by atoms with E-state index in [4.69, 9.17) is 14.7 Å². The molecule has 0 unspecified atom stereocenters. The second-order valence-corrected chi connectivity index (χ2v) is 9.31. The summed E-state index contributed by atoms with van der Waals surface area (Å²) in [5.41, 5.74) is 4.17. The molecule has 1 aliphatic rings. The minimum Gasteiger partial charge on any atom is -0.383 e. The van der Waals surface area contributed by atoms with Crippen LogP contribution in [-0.2, 0) is 17.7 Å². The lowest BCUT2D eigenvalue weighted by atomic mass is 10.1. The van der Waals surface area contributed by atoms with Gasteiger partial charge in [0, 0.05) is 51.0 Å². The Labute approximate surface area is 215 Å². The molecule has 0 saturated heterocycles. The minimum absolute atomic E-state index is 0.158. The first kappa shape index (κ1) is 25.0. The molecule has 0 amide bonds. The maximum atomic E-state index is 13.7. The standard InChI is InChI=1S/C28H30F2N6O/c1-35(17-19-4-3-5-22(30)16-19)18-23-10-11-25-34-26(20-6-8-21(29)9-7-20)27(36(23)25)24-12-13-31-28(33-24)32-14-15-37-2/h3-9,12-13,16,23H,10-11,14-15,17-18H2,1-2H3,(H,31,32,33)/t23-/m0/s1. The zero-order chi connectivity index (χ0) is 25.8. The zero-order valence-electron chi connectivity index (χ0n) is 21.0. The van der Waals surface area contributed by atoms with Crippen LogP contribution < -0.4 is 5.32 Å². The number of halogens is 2. The van der Waals surface area contributed by atoms with Crippen LogP contribution in [-0.4, -0.2) is 58.3 Å². The van der Waals surface area contributed by atoms with Gasteiger partial charge in [0.15, 0.2) is 0 Å². The SMILES string of the molecule is COCCNc1nccc(-c2c(-c3ccc(F)cc3)nc3n2[C@H](CN(C)Cc2cccc(F)c2)CC3)n1. The summed E-state index contributed by atoms with van der Waals surface area (Å²) in [7, 11) is 3.69. The highest BCUT2D eigenvalue weighted by molar-refractivity contribution is 5.78. The zero-order valence-corrected chi connectivity index (χ0v) is 21.0. The summed E-state index contributed by atoms with van der Waals surface area (Å²) in [6.45, 7) is 2.53. The van der Waals surface area contributed by atoms with Gasteiger partial charge in [0.25, 0.3) is 0 Å². The fraction of sp³-hybridized carbons (Fsp3) is 0.321. The van der Waals surface area contributed by atoms with Crippen molar-refractivity contribution >= 4 is 5.95 Å². The molecule has 5 rings (SSSR count). The van der Waals surface area contributed by atoms with Crippen molar-refractivity contribution in [2.75, 3.05) is 39.2 Å². The van der Waals surface area contributed by atoms with Crippen LogP contribution in [0.5, 0.6) is 0 Å². The van der Waals surface area contributed by atoms with Crippen LogP contribution in [0.1, 0.15) is 23.9 Å². The van der Waals surface area contributed by atoms with E-state index in [0.29, 0.717) is 25.6 Å². The van der Waals surface area contributed by atoms with Gasteiger partial charge in [-0.25, -0.2) is 23.7 Å². The Bertz CT molecular complexity index is 1360. The van der Waals surface area contributed by atoms with Gasteiger partial charge in [0.2, 0.25) is 5.95 Å². The quantitative estimate of drug-likeness (QED) is 0.308. The van der Waals surface area contributed by atoms with Gasteiger partial charge >= 0.3 is 0 Å². The van der Waals surface area contributed by atoms with E-state index in [1.807, 2.05) is 19.2 Å². The van der Waals surface area contributed by atoms with E-state index in [0.717, 1.165) is 53.4 Å². The molecular weight excluding hydrogens is 474 g/mol. The normalized spacial score (nSPS) is 14.8. The lowest BCUT2D eigenvalue weighted by molar-refractivity contribution is 0.210. The van der Waals surface area contributed by atoms with Crippen molar-refractivity contribution in [2.45, 2.75) is 25.4 Å². The van der Waals surface area contributed by atoms with Crippen LogP contribution in [0.3, 0.4) is 0 Å². The topological polar surface area (TPSA) is 68.1 Å². The van der Waals surface area contributed by atoms with E-state index in [1.165, 1.54) is 18.2 Å². The molecule has 4 aromatic rings. The number of ether oxygens (including phenoxy) is 1. The Morgan fingerprint density at radius 3 is 2.70 bits per heavy atom. The van der Waals surface area contributed by atoms with Gasteiger partial charge < -0.3 is 19.5 Å². The predicted octanol–water partition coefficient (Wildman–Crippen LogP) is 4.96. The molecule has 192 valence electrons. The van der Waals surface area contributed by atoms with Gasteiger partial charge in [-0.15, -0.1) is 0 Å². The number of hydrogen-bond acceptors (Lipinski definition) is 6. The lowest BCUT2D eigenvalue weighted by Crippen LogP contribution is -2.26. The van der Waals surface area contributed by atoms with Crippen LogP contribution in [0.25, 0.3) is 22.6 Å². The average molecular weight is 505 g/mol. The van der Waals surface area contributed by atoms with Crippen molar-refractivity contribution in [3.63, 3.8) is 0 Å². The maximum absolute atomic E-state index is 13.7. The fourth-order valence-corrected chi connectivity index (χ4v) is 4.91. The number of methoxy groups -OCH3 is 1. The molecule has 9 heteroatoms. The van der Waals surface area contributed by atoms with Crippen LogP contribution in [0.2, 0.25) is 0 Å². The summed E-state index contributed by atoms with van der Waals surface area (Å²) in [6.07, 6.45) is 3.50. The number of rotatable bonds is 10. The van der Waals surface area contributed by atoms with E-state index < -0.39 is 0 Å². The first-order valence-electron chi connectivity index (χ1n) is 12.4. The molecule has 0 spiro atoms. The number of nitrogens with one attached hydrogen (secondary N) is 1. The molecule has 3 heterocycles. The summed E-state index contributed by atoms with van der Waals surface area (Å²) in [6, 6.07) is 15.2. The van der Waals surface area contributed by atoms with E-state index in [2.05, 4.69) is 19.8 Å². The van der Waals surface area contributed by atoms with Gasteiger partial charge in [-0.05, 0) is 61.5 Å². The second-order valence-electron chi connectivity index (χ2n) is 9.31. The number of hydrogen-bond donors (Lipinski definition) is 1. The number of aromatic nitrogens is 4. The van der Waals surface area contributed by atoms with Gasteiger partial charge in [-0.2, -0.15) is 0 Å². The molecule has 0 radical (unpaired) electrons. The number of imidazole rings is 1. The van der Waals surface area contributed by atoms with E-state index >= 15 is 0 Å². The molecule has 1 aliphatic heterocycles. The van der Waals surface area contributed by atoms with Crippen molar-refractivity contribution in [2.24, 2.45) is 0 Å². The van der Waals surface area contributed by atoms with Crippen LogP contribution >= 0.6 is 0 Å². The smallest absolute Gasteiger partial charge is 0.223 e. The van der Waals surface area contributed by atoms with Crippen LogP contribution in [0.15, 0.2) is 60.8 Å². The number of anilines is 1. The summed E-state index contributed by atoms with van der Waals surface area (Å²) < 4.78 is 34.8. The first-order chi connectivity index (χ1) is 18.0. The molecule has 0 bridgehead atoms. The number of fused-ring (bicyclic) bond motifs is 1. The van der Waals surface area contributed by atoms with Gasteiger partial charge in [-0.1, -0.05) is 12.1 Å². The average Bonchev–Trinajstić information content (AvgIpc) is 3.45. The van der Waals surface area contributed by atoms with Crippen LogP contribution in [0.4, 0.5) is 14.7 Å².